The highest BCUT2D eigenvalue weighted by Crippen LogP contribution is 2.26. The van der Waals surface area contributed by atoms with E-state index in [-0.39, 0.29) is 23.6 Å². The quantitative estimate of drug-likeness (QED) is 0.803. The maximum Gasteiger partial charge on any atom is 0.274 e. The molecule has 1 saturated heterocycles. The average Bonchev–Trinajstić information content (AvgIpc) is 2.74. The van der Waals surface area contributed by atoms with Crippen LogP contribution in [-0.4, -0.2) is 49.1 Å². The van der Waals surface area contributed by atoms with E-state index in [1.54, 1.807) is 6.07 Å². The first-order valence-electron chi connectivity index (χ1n) is 9.58. The summed E-state index contributed by atoms with van der Waals surface area (Å²) in [6.45, 7) is 6.82. The molecule has 0 saturated carbocycles. The molecule has 28 heavy (non-hydrogen) atoms. The molecule has 1 atom stereocenters. The van der Waals surface area contributed by atoms with Gasteiger partial charge in [0.1, 0.15) is 5.69 Å². The molecule has 2 N–H and O–H groups in total. The summed E-state index contributed by atoms with van der Waals surface area (Å²) in [6, 6.07) is 10.9. The summed E-state index contributed by atoms with van der Waals surface area (Å²) < 4.78 is 5.41. The molecule has 7 nitrogen and oxygen atoms in total. The van der Waals surface area contributed by atoms with Gasteiger partial charge in [0.05, 0.1) is 24.6 Å². The summed E-state index contributed by atoms with van der Waals surface area (Å²) >= 11 is 0. The topological polar surface area (TPSA) is 83.6 Å². The second-order valence-corrected chi connectivity index (χ2v) is 6.78. The van der Waals surface area contributed by atoms with Gasteiger partial charge in [0.15, 0.2) is 0 Å². The van der Waals surface area contributed by atoms with Crippen LogP contribution in [0.3, 0.4) is 0 Å². The van der Waals surface area contributed by atoms with Crippen molar-refractivity contribution >= 4 is 23.2 Å². The molecule has 0 bridgehead atoms. The fraction of sp³-hybridized carbons (Fsp3) is 0.381. The molecule has 1 aromatic carbocycles. The first-order valence-corrected chi connectivity index (χ1v) is 9.58. The molecular weight excluding hydrogens is 356 g/mol. The zero-order valence-corrected chi connectivity index (χ0v) is 16.3. The van der Waals surface area contributed by atoms with Crippen molar-refractivity contribution in [1.82, 2.24) is 10.3 Å². The van der Waals surface area contributed by atoms with Crippen LogP contribution < -0.4 is 15.5 Å². The summed E-state index contributed by atoms with van der Waals surface area (Å²) in [5, 5.41) is 5.82. The molecule has 0 aliphatic carbocycles. The number of carbonyl (C=O) groups excluding carboxylic acids is 2. The molecule has 1 aliphatic heterocycles. The van der Waals surface area contributed by atoms with Crippen molar-refractivity contribution in [2.24, 2.45) is 0 Å². The minimum absolute atomic E-state index is 0.0679. The van der Waals surface area contributed by atoms with Crippen LogP contribution in [0.4, 0.5) is 11.4 Å². The van der Waals surface area contributed by atoms with Crippen molar-refractivity contribution in [3.63, 3.8) is 0 Å². The lowest BCUT2D eigenvalue weighted by atomic mass is 10.1. The molecule has 1 unspecified atom stereocenters. The van der Waals surface area contributed by atoms with E-state index in [4.69, 9.17) is 4.74 Å². The highest BCUT2D eigenvalue weighted by Gasteiger charge is 2.18. The van der Waals surface area contributed by atoms with Crippen molar-refractivity contribution in [3.8, 4) is 0 Å². The Morgan fingerprint density at radius 2 is 1.93 bits per heavy atom. The van der Waals surface area contributed by atoms with Crippen LogP contribution in [0, 0.1) is 0 Å². The Morgan fingerprint density at radius 1 is 1.18 bits per heavy atom. The van der Waals surface area contributed by atoms with Crippen molar-refractivity contribution in [1.29, 1.82) is 0 Å². The number of carbonyl (C=O) groups is 2. The number of nitrogens with zero attached hydrogens (tertiary/aromatic N) is 2. The van der Waals surface area contributed by atoms with E-state index in [2.05, 4.69) is 20.5 Å². The smallest absolute Gasteiger partial charge is 0.274 e. The van der Waals surface area contributed by atoms with E-state index in [1.165, 1.54) is 12.3 Å². The predicted octanol–water partition coefficient (Wildman–Crippen LogP) is 2.70. The van der Waals surface area contributed by atoms with Crippen molar-refractivity contribution in [3.05, 3.63) is 53.9 Å². The summed E-state index contributed by atoms with van der Waals surface area (Å²) in [6.07, 6.45) is 2.32. The minimum atomic E-state index is -0.348. The number of morpholine rings is 1. The number of para-hydroxylation sites is 2. The number of rotatable bonds is 6. The lowest BCUT2D eigenvalue weighted by Gasteiger charge is -2.30. The second-order valence-electron chi connectivity index (χ2n) is 6.78. The van der Waals surface area contributed by atoms with Crippen LogP contribution >= 0.6 is 0 Å². The van der Waals surface area contributed by atoms with Gasteiger partial charge in [-0.3, -0.25) is 14.6 Å². The van der Waals surface area contributed by atoms with Gasteiger partial charge in [-0.2, -0.15) is 0 Å². The molecule has 1 aliphatic rings. The number of nitrogens with one attached hydrogen (secondary N) is 2. The standard InChI is InChI=1S/C21H26N4O3/c1-3-15(2)23-20(26)16-8-9-22-18(14-16)21(27)24-17-6-4-5-7-19(17)25-10-12-28-13-11-25/h4-9,14-15H,3,10-13H2,1-2H3,(H,23,26)(H,24,27). The molecule has 1 fully saturated rings. The van der Waals surface area contributed by atoms with Crippen LogP contribution in [0.15, 0.2) is 42.6 Å². The predicted molar refractivity (Wildman–Crippen MR) is 109 cm³/mol. The van der Waals surface area contributed by atoms with Crippen LogP contribution in [0.5, 0.6) is 0 Å². The molecular formula is C21H26N4O3. The lowest BCUT2D eigenvalue weighted by molar-refractivity contribution is 0.0939. The molecule has 148 valence electrons. The van der Waals surface area contributed by atoms with E-state index in [1.807, 2.05) is 38.1 Å². The van der Waals surface area contributed by atoms with Crippen molar-refractivity contribution < 1.29 is 14.3 Å². The van der Waals surface area contributed by atoms with E-state index in [0.717, 1.165) is 25.2 Å². The Labute approximate surface area is 165 Å². The molecule has 2 heterocycles. The van der Waals surface area contributed by atoms with Gasteiger partial charge in [0.2, 0.25) is 0 Å². The van der Waals surface area contributed by atoms with E-state index in [9.17, 15) is 9.59 Å². The molecule has 0 radical (unpaired) electrons. The van der Waals surface area contributed by atoms with E-state index in [0.29, 0.717) is 24.5 Å². The maximum atomic E-state index is 12.8. The molecule has 3 rings (SSSR count). The number of hydrogen-bond acceptors (Lipinski definition) is 5. The molecule has 2 amide bonds. The van der Waals surface area contributed by atoms with Crippen LogP contribution in [-0.2, 0) is 4.74 Å². The summed E-state index contributed by atoms with van der Waals surface area (Å²) in [5.41, 5.74) is 2.28. The van der Waals surface area contributed by atoms with Crippen molar-refractivity contribution in [2.75, 3.05) is 36.5 Å². The molecule has 7 heteroatoms. The van der Waals surface area contributed by atoms with Gasteiger partial charge < -0.3 is 20.3 Å². The van der Waals surface area contributed by atoms with Gasteiger partial charge in [-0.1, -0.05) is 19.1 Å². The van der Waals surface area contributed by atoms with Gasteiger partial charge in [-0.25, -0.2) is 0 Å². The Balaban J connectivity index is 1.75. The van der Waals surface area contributed by atoms with Gasteiger partial charge >= 0.3 is 0 Å². The average molecular weight is 382 g/mol. The molecule has 1 aromatic heterocycles. The highest BCUT2D eigenvalue weighted by atomic mass is 16.5. The van der Waals surface area contributed by atoms with Crippen LogP contribution in [0.25, 0.3) is 0 Å². The number of aromatic nitrogens is 1. The largest absolute Gasteiger partial charge is 0.378 e. The van der Waals surface area contributed by atoms with Crippen LogP contribution in [0.1, 0.15) is 41.1 Å². The maximum absolute atomic E-state index is 12.8. The van der Waals surface area contributed by atoms with E-state index < -0.39 is 0 Å². The fourth-order valence-corrected chi connectivity index (χ4v) is 2.95. The number of ether oxygens (including phenoxy) is 1. The third kappa shape index (κ3) is 4.86. The summed E-state index contributed by atoms with van der Waals surface area (Å²) in [5.74, 6) is -0.557. The lowest BCUT2D eigenvalue weighted by Crippen LogP contribution is -2.36. The normalized spacial score (nSPS) is 15.0. The van der Waals surface area contributed by atoms with Crippen LogP contribution in [0.2, 0.25) is 0 Å². The number of amides is 2. The first-order chi connectivity index (χ1) is 13.6. The third-order valence-corrected chi connectivity index (χ3v) is 4.75. The number of benzene rings is 1. The van der Waals surface area contributed by atoms with Gasteiger partial charge in [0.25, 0.3) is 11.8 Å². The minimum Gasteiger partial charge on any atom is -0.378 e. The number of pyridine rings is 1. The Hall–Kier alpha value is -2.93. The summed E-state index contributed by atoms with van der Waals surface area (Å²) in [7, 11) is 0. The zero-order valence-electron chi connectivity index (χ0n) is 16.3. The van der Waals surface area contributed by atoms with Gasteiger partial charge in [-0.05, 0) is 37.6 Å². The SMILES string of the molecule is CCC(C)NC(=O)c1ccnc(C(=O)Nc2ccccc2N2CCOCC2)c1. The first kappa shape index (κ1) is 19.8. The number of anilines is 2. The molecule has 0 spiro atoms. The Kier molecular flexibility index (Phi) is 6.60. The third-order valence-electron chi connectivity index (χ3n) is 4.75. The van der Waals surface area contributed by atoms with Gasteiger partial charge in [-0.15, -0.1) is 0 Å². The summed E-state index contributed by atoms with van der Waals surface area (Å²) in [4.78, 5) is 31.4. The van der Waals surface area contributed by atoms with Gasteiger partial charge in [0, 0.05) is 30.9 Å². The zero-order chi connectivity index (χ0) is 19.9. The Morgan fingerprint density at radius 3 is 2.68 bits per heavy atom. The highest BCUT2D eigenvalue weighted by molar-refractivity contribution is 6.06. The second kappa shape index (κ2) is 9.32. The van der Waals surface area contributed by atoms with E-state index >= 15 is 0 Å². The fourth-order valence-electron chi connectivity index (χ4n) is 2.95. The monoisotopic (exact) mass is 382 g/mol. The number of hydrogen-bond donors (Lipinski definition) is 2. The molecule has 2 aromatic rings. The van der Waals surface area contributed by atoms with Crippen molar-refractivity contribution in [2.45, 2.75) is 26.3 Å². The Bertz CT molecular complexity index is 834.